The molecule has 0 aliphatic heterocycles. The third-order valence-electron chi connectivity index (χ3n) is 3.64. The van der Waals surface area contributed by atoms with Gasteiger partial charge in [0.15, 0.2) is 0 Å². The number of Topliss-reactive ketones (excluding diaryl/α,β-unsaturated/α-hetero) is 2. The molecule has 132 valence electrons. The van der Waals surface area contributed by atoms with Crippen LogP contribution in [-0.4, -0.2) is 21.5 Å². The number of ketones is 2. The van der Waals surface area contributed by atoms with Gasteiger partial charge in [0.2, 0.25) is 11.6 Å². The first-order chi connectivity index (χ1) is 12.6. The van der Waals surface area contributed by atoms with Crippen molar-refractivity contribution in [3.8, 4) is 0 Å². The number of pyridine rings is 2. The molecule has 2 heterocycles. The zero-order chi connectivity index (χ0) is 18.5. The summed E-state index contributed by atoms with van der Waals surface area (Å²) in [6.45, 7) is 0.485. The first-order valence-electron chi connectivity index (χ1n) is 7.74. The Bertz CT molecular complexity index is 820. The van der Waals surface area contributed by atoms with E-state index in [1.165, 1.54) is 0 Å². The van der Waals surface area contributed by atoms with Gasteiger partial charge in [-0.1, -0.05) is 35.3 Å². The molecular formula is C18H14Cl2N4O2. The van der Waals surface area contributed by atoms with Crippen molar-refractivity contribution in [3.05, 3.63) is 81.6 Å². The molecule has 2 aromatic rings. The summed E-state index contributed by atoms with van der Waals surface area (Å²) in [7, 11) is 0. The van der Waals surface area contributed by atoms with Gasteiger partial charge in [0.1, 0.15) is 21.5 Å². The first-order valence-corrected chi connectivity index (χ1v) is 8.50. The number of aromatic nitrogens is 2. The molecule has 0 saturated carbocycles. The number of hydrogen-bond donors (Lipinski definition) is 2. The maximum Gasteiger partial charge on any atom is 0.224 e. The van der Waals surface area contributed by atoms with E-state index in [4.69, 9.17) is 23.2 Å². The Morgan fingerprint density at radius 3 is 1.50 bits per heavy atom. The van der Waals surface area contributed by atoms with Gasteiger partial charge in [0, 0.05) is 12.4 Å². The molecule has 6 nitrogen and oxygen atoms in total. The van der Waals surface area contributed by atoms with Crippen molar-refractivity contribution >= 4 is 34.8 Å². The minimum absolute atomic E-state index is 0.0318. The SMILES string of the molecule is O=C1C(Cl)=C(NCc2ccccn2)C(=O)C(Cl)=C1NCc1ccccn1. The number of nitrogens with zero attached hydrogens (tertiary/aromatic N) is 2. The van der Waals surface area contributed by atoms with E-state index < -0.39 is 11.6 Å². The lowest BCUT2D eigenvalue weighted by Gasteiger charge is -2.20. The molecule has 0 amide bonds. The molecule has 1 aliphatic rings. The number of halogens is 2. The predicted molar refractivity (Wildman–Crippen MR) is 97.9 cm³/mol. The van der Waals surface area contributed by atoms with Gasteiger partial charge in [-0.2, -0.15) is 0 Å². The molecule has 0 saturated heterocycles. The third-order valence-corrected chi connectivity index (χ3v) is 4.36. The topological polar surface area (TPSA) is 84.0 Å². The van der Waals surface area contributed by atoms with Gasteiger partial charge in [-0.05, 0) is 24.3 Å². The molecule has 0 aromatic carbocycles. The summed E-state index contributed by atoms with van der Waals surface area (Å²) in [6, 6.07) is 10.8. The van der Waals surface area contributed by atoms with Gasteiger partial charge in [0.05, 0.1) is 24.5 Å². The van der Waals surface area contributed by atoms with Crippen LogP contribution in [0.25, 0.3) is 0 Å². The van der Waals surface area contributed by atoms with E-state index in [1.807, 2.05) is 12.1 Å². The molecule has 0 bridgehead atoms. The first kappa shape index (κ1) is 18.1. The van der Waals surface area contributed by atoms with Gasteiger partial charge in [0.25, 0.3) is 0 Å². The maximum absolute atomic E-state index is 12.5. The second-order valence-electron chi connectivity index (χ2n) is 5.39. The summed E-state index contributed by atoms with van der Waals surface area (Å²) in [5, 5.41) is 5.28. The van der Waals surface area contributed by atoms with E-state index in [-0.39, 0.29) is 34.5 Å². The molecule has 0 unspecified atom stereocenters. The number of rotatable bonds is 6. The van der Waals surface area contributed by atoms with Crippen LogP contribution < -0.4 is 10.6 Å². The summed E-state index contributed by atoms with van der Waals surface area (Å²) < 4.78 is 0. The normalized spacial score (nSPS) is 14.7. The van der Waals surface area contributed by atoms with Crippen molar-refractivity contribution in [1.29, 1.82) is 0 Å². The second-order valence-corrected chi connectivity index (χ2v) is 6.14. The van der Waals surface area contributed by atoms with E-state index in [1.54, 1.807) is 36.7 Å². The van der Waals surface area contributed by atoms with Crippen LogP contribution in [0.5, 0.6) is 0 Å². The Kier molecular flexibility index (Phi) is 5.65. The van der Waals surface area contributed by atoms with Crippen molar-refractivity contribution in [2.45, 2.75) is 13.1 Å². The van der Waals surface area contributed by atoms with E-state index in [9.17, 15) is 9.59 Å². The summed E-state index contributed by atoms with van der Waals surface area (Å²) in [5.41, 5.74) is 1.33. The van der Waals surface area contributed by atoms with Crippen molar-refractivity contribution in [1.82, 2.24) is 20.6 Å². The van der Waals surface area contributed by atoms with Crippen molar-refractivity contribution in [3.63, 3.8) is 0 Å². The van der Waals surface area contributed by atoms with Crippen LogP contribution in [0.4, 0.5) is 0 Å². The second kappa shape index (κ2) is 8.12. The highest BCUT2D eigenvalue weighted by Crippen LogP contribution is 2.27. The van der Waals surface area contributed by atoms with E-state index >= 15 is 0 Å². The smallest absolute Gasteiger partial charge is 0.224 e. The van der Waals surface area contributed by atoms with Crippen molar-refractivity contribution in [2.24, 2.45) is 0 Å². The van der Waals surface area contributed by atoms with E-state index in [0.717, 1.165) is 0 Å². The molecule has 0 fully saturated rings. The Morgan fingerprint density at radius 2 is 1.15 bits per heavy atom. The fourth-order valence-electron chi connectivity index (χ4n) is 2.32. The highest BCUT2D eigenvalue weighted by atomic mass is 35.5. The fourth-order valence-corrected chi connectivity index (χ4v) is 2.82. The zero-order valence-electron chi connectivity index (χ0n) is 13.5. The number of carbonyl (C=O) groups is 2. The Hall–Kier alpha value is -2.70. The molecule has 2 aromatic heterocycles. The fraction of sp³-hybridized carbons (Fsp3) is 0.111. The third kappa shape index (κ3) is 3.92. The van der Waals surface area contributed by atoms with Gasteiger partial charge in [-0.25, -0.2) is 0 Å². The van der Waals surface area contributed by atoms with E-state index in [2.05, 4.69) is 20.6 Å². The van der Waals surface area contributed by atoms with Crippen molar-refractivity contribution < 1.29 is 9.59 Å². The molecule has 1 aliphatic carbocycles. The molecule has 0 radical (unpaired) electrons. The van der Waals surface area contributed by atoms with Crippen LogP contribution in [-0.2, 0) is 22.7 Å². The Labute approximate surface area is 159 Å². The molecule has 26 heavy (non-hydrogen) atoms. The Morgan fingerprint density at radius 1 is 0.731 bits per heavy atom. The lowest BCUT2D eigenvalue weighted by molar-refractivity contribution is -0.116. The Balaban J connectivity index is 1.74. The van der Waals surface area contributed by atoms with Gasteiger partial charge in [-0.15, -0.1) is 0 Å². The number of allylic oxidation sites excluding steroid dienone is 2. The quantitative estimate of drug-likeness (QED) is 0.739. The lowest BCUT2D eigenvalue weighted by atomic mass is 10.1. The lowest BCUT2D eigenvalue weighted by Crippen LogP contribution is -2.33. The number of carbonyl (C=O) groups excluding carboxylic acids is 2. The van der Waals surface area contributed by atoms with Gasteiger partial charge in [-0.3, -0.25) is 19.6 Å². The van der Waals surface area contributed by atoms with Crippen LogP contribution >= 0.6 is 23.2 Å². The maximum atomic E-state index is 12.5. The number of nitrogens with one attached hydrogen (secondary N) is 2. The average Bonchev–Trinajstić information content (AvgIpc) is 2.68. The van der Waals surface area contributed by atoms with Crippen LogP contribution in [0.3, 0.4) is 0 Å². The van der Waals surface area contributed by atoms with Crippen molar-refractivity contribution in [2.75, 3.05) is 0 Å². The van der Waals surface area contributed by atoms with E-state index in [0.29, 0.717) is 11.4 Å². The summed E-state index contributed by atoms with van der Waals surface area (Å²) in [6.07, 6.45) is 3.26. The highest BCUT2D eigenvalue weighted by molar-refractivity contribution is 6.55. The zero-order valence-corrected chi connectivity index (χ0v) is 15.0. The molecule has 3 rings (SSSR count). The summed E-state index contributed by atoms with van der Waals surface area (Å²) in [5.74, 6) is -1.09. The predicted octanol–water partition coefficient (Wildman–Crippen LogP) is 2.41. The monoisotopic (exact) mass is 388 g/mol. The largest absolute Gasteiger partial charge is 0.375 e. The number of hydrogen-bond acceptors (Lipinski definition) is 6. The standard InChI is InChI=1S/C18H14Cl2N4O2/c19-13-15(23-9-11-5-1-3-7-21-11)17(25)14(20)16(18(13)26)24-10-12-6-2-4-8-22-12/h1-8,23-24H,9-10H2. The minimum atomic E-state index is -0.546. The molecule has 0 spiro atoms. The van der Waals surface area contributed by atoms with Gasteiger partial charge < -0.3 is 10.6 Å². The van der Waals surface area contributed by atoms with Crippen LogP contribution in [0.1, 0.15) is 11.4 Å². The molecule has 8 heteroatoms. The molecular weight excluding hydrogens is 375 g/mol. The van der Waals surface area contributed by atoms with Crippen LogP contribution in [0.15, 0.2) is 70.3 Å². The summed E-state index contributed by atoms with van der Waals surface area (Å²) in [4.78, 5) is 33.3. The van der Waals surface area contributed by atoms with Gasteiger partial charge >= 0.3 is 0 Å². The molecule has 2 N–H and O–H groups in total. The van der Waals surface area contributed by atoms with Crippen LogP contribution in [0, 0.1) is 0 Å². The molecule has 0 atom stereocenters. The average molecular weight is 389 g/mol. The minimum Gasteiger partial charge on any atom is -0.375 e. The van der Waals surface area contributed by atoms with Crippen LogP contribution in [0.2, 0.25) is 0 Å². The summed E-state index contributed by atoms with van der Waals surface area (Å²) >= 11 is 12.2. The highest BCUT2D eigenvalue weighted by Gasteiger charge is 2.33.